The Bertz CT molecular complexity index is 401. The van der Waals surface area contributed by atoms with Crippen molar-refractivity contribution in [2.75, 3.05) is 6.61 Å². The molecule has 0 fully saturated rings. The molecule has 0 amide bonds. The van der Waals surface area contributed by atoms with E-state index in [-0.39, 0.29) is 0 Å². The van der Waals surface area contributed by atoms with Crippen molar-refractivity contribution in [1.82, 2.24) is 0 Å². The van der Waals surface area contributed by atoms with Gasteiger partial charge >= 0.3 is 0 Å². The van der Waals surface area contributed by atoms with E-state index in [4.69, 9.17) is 4.74 Å². The molecule has 0 spiro atoms. The summed E-state index contributed by atoms with van der Waals surface area (Å²) in [5.74, 6) is 7.25. The van der Waals surface area contributed by atoms with Crippen LogP contribution in [-0.2, 0) is 6.42 Å². The fraction of sp³-hybridized carbons (Fsp3) is 0.467. The van der Waals surface area contributed by atoms with Crippen molar-refractivity contribution in [3.8, 4) is 17.6 Å². The van der Waals surface area contributed by atoms with Crippen LogP contribution in [0.15, 0.2) is 22.7 Å². The minimum absolute atomic E-state index is 0.773. The van der Waals surface area contributed by atoms with Gasteiger partial charge in [-0.3, -0.25) is 0 Å². The van der Waals surface area contributed by atoms with Gasteiger partial charge in [0.1, 0.15) is 5.75 Å². The van der Waals surface area contributed by atoms with Gasteiger partial charge in [0.15, 0.2) is 0 Å². The molecule has 0 radical (unpaired) electrons. The first-order valence-corrected chi connectivity index (χ1v) is 6.94. The van der Waals surface area contributed by atoms with Crippen LogP contribution in [-0.4, -0.2) is 6.61 Å². The summed E-state index contributed by atoms with van der Waals surface area (Å²) in [5, 5.41) is 0. The van der Waals surface area contributed by atoms with Gasteiger partial charge < -0.3 is 4.74 Å². The maximum absolute atomic E-state index is 5.73. The lowest BCUT2D eigenvalue weighted by atomic mass is 10.1. The predicted octanol–water partition coefficient (Wildman–Crippen LogP) is 4.58. The van der Waals surface area contributed by atoms with E-state index in [1.165, 1.54) is 5.56 Å². The topological polar surface area (TPSA) is 9.23 Å². The summed E-state index contributed by atoms with van der Waals surface area (Å²) < 4.78 is 6.83. The smallest absolute Gasteiger partial charge is 0.122 e. The minimum Gasteiger partial charge on any atom is -0.493 e. The van der Waals surface area contributed by atoms with Crippen LogP contribution in [0.25, 0.3) is 0 Å². The van der Waals surface area contributed by atoms with Crippen molar-refractivity contribution in [1.29, 1.82) is 0 Å². The maximum atomic E-state index is 5.73. The number of hydrogen-bond donors (Lipinski definition) is 0. The van der Waals surface area contributed by atoms with Crippen LogP contribution in [0.4, 0.5) is 0 Å². The molecule has 0 aliphatic rings. The third kappa shape index (κ3) is 5.28. The molecule has 0 saturated carbocycles. The Morgan fingerprint density at radius 2 is 2.06 bits per heavy atom. The van der Waals surface area contributed by atoms with E-state index in [1.54, 1.807) is 0 Å². The minimum atomic E-state index is 0.773. The van der Waals surface area contributed by atoms with Gasteiger partial charge in [0, 0.05) is 17.3 Å². The van der Waals surface area contributed by atoms with Crippen molar-refractivity contribution < 1.29 is 4.74 Å². The average molecular weight is 295 g/mol. The second kappa shape index (κ2) is 8.20. The highest BCUT2D eigenvalue weighted by molar-refractivity contribution is 9.10. The average Bonchev–Trinajstić information content (AvgIpc) is 2.33. The molecule has 0 N–H and O–H groups in total. The fourth-order valence-corrected chi connectivity index (χ4v) is 1.92. The number of rotatable bonds is 5. The lowest BCUT2D eigenvalue weighted by molar-refractivity contribution is 0.314. The van der Waals surface area contributed by atoms with E-state index >= 15 is 0 Å². The summed E-state index contributed by atoms with van der Waals surface area (Å²) in [6, 6.07) is 6.17. The van der Waals surface area contributed by atoms with E-state index < -0.39 is 0 Å². The van der Waals surface area contributed by atoms with Gasteiger partial charge in [0.2, 0.25) is 0 Å². The molecule has 0 saturated heterocycles. The van der Waals surface area contributed by atoms with E-state index in [2.05, 4.69) is 47.7 Å². The summed E-state index contributed by atoms with van der Waals surface area (Å²) in [6.45, 7) is 4.96. The largest absolute Gasteiger partial charge is 0.493 e. The number of hydrogen-bond acceptors (Lipinski definition) is 1. The van der Waals surface area contributed by atoms with Gasteiger partial charge in [0.25, 0.3) is 0 Å². The molecular formula is C15H19BrO. The maximum Gasteiger partial charge on any atom is 0.122 e. The Hall–Kier alpha value is -0.940. The molecular weight excluding hydrogens is 276 g/mol. The van der Waals surface area contributed by atoms with Crippen LogP contribution >= 0.6 is 15.9 Å². The summed E-state index contributed by atoms with van der Waals surface area (Å²) >= 11 is 3.50. The molecule has 1 rings (SSSR count). The standard InChI is InChI=1S/C15H19BrO/c1-3-5-6-7-8-13-12-14(16)9-10-15(13)17-11-4-2/h9-10,12H,3-4,7-8,11H2,1-2H3. The van der Waals surface area contributed by atoms with Crippen molar-refractivity contribution in [2.24, 2.45) is 0 Å². The predicted molar refractivity (Wildman–Crippen MR) is 76.3 cm³/mol. The Balaban J connectivity index is 2.69. The van der Waals surface area contributed by atoms with E-state index in [0.717, 1.165) is 42.5 Å². The first-order valence-electron chi connectivity index (χ1n) is 6.14. The normalized spacial score (nSPS) is 9.59. The Labute approximate surface area is 113 Å². The van der Waals surface area contributed by atoms with Crippen molar-refractivity contribution in [3.63, 3.8) is 0 Å². The second-order valence-electron chi connectivity index (χ2n) is 3.81. The molecule has 1 aromatic carbocycles. The molecule has 0 bridgehead atoms. The Kier molecular flexibility index (Phi) is 6.81. The molecule has 0 aliphatic carbocycles. The highest BCUT2D eigenvalue weighted by Gasteiger charge is 2.03. The molecule has 0 unspecified atom stereocenters. The molecule has 0 heterocycles. The lowest BCUT2D eigenvalue weighted by Crippen LogP contribution is -1.99. The van der Waals surface area contributed by atoms with Crippen molar-refractivity contribution in [3.05, 3.63) is 28.2 Å². The summed E-state index contributed by atoms with van der Waals surface area (Å²) in [7, 11) is 0. The summed E-state index contributed by atoms with van der Waals surface area (Å²) in [6.07, 6.45) is 3.81. The zero-order chi connectivity index (χ0) is 12.5. The zero-order valence-corrected chi connectivity index (χ0v) is 12.1. The van der Waals surface area contributed by atoms with Crippen LogP contribution < -0.4 is 4.74 Å². The van der Waals surface area contributed by atoms with Crippen LogP contribution in [0.3, 0.4) is 0 Å². The molecule has 1 aromatic rings. The lowest BCUT2D eigenvalue weighted by Gasteiger charge is -2.10. The second-order valence-corrected chi connectivity index (χ2v) is 4.72. The number of aryl methyl sites for hydroxylation is 1. The molecule has 1 nitrogen and oxygen atoms in total. The van der Waals surface area contributed by atoms with Crippen LogP contribution in [0.5, 0.6) is 5.75 Å². The van der Waals surface area contributed by atoms with Gasteiger partial charge in [-0.15, -0.1) is 11.8 Å². The highest BCUT2D eigenvalue weighted by atomic mass is 79.9. The molecule has 2 heteroatoms. The molecule has 0 aromatic heterocycles. The fourth-order valence-electron chi connectivity index (χ4n) is 1.51. The van der Waals surface area contributed by atoms with Crippen LogP contribution in [0.1, 0.15) is 38.7 Å². The van der Waals surface area contributed by atoms with Gasteiger partial charge in [-0.1, -0.05) is 29.8 Å². The van der Waals surface area contributed by atoms with Gasteiger partial charge in [-0.2, -0.15) is 0 Å². The number of halogens is 1. The zero-order valence-electron chi connectivity index (χ0n) is 10.6. The van der Waals surface area contributed by atoms with Crippen LogP contribution in [0, 0.1) is 11.8 Å². The van der Waals surface area contributed by atoms with E-state index in [9.17, 15) is 0 Å². The molecule has 0 aliphatic heterocycles. The third-order valence-corrected chi connectivity index (χ3v) is 2.80. The van der Waals surface area contributed by atoms with Crippen molar-refractivity contribution >= 4 is 15.9 Å². The SMILES string of the molecule is CCC#CCCc1cc(Br)ccc1OCCC. The summed E-state index contributed by atoms with van der Waals surface area (Å²) in [4.78, 5) is 0. The third-order valence-electron chi connectivity index (χ3n) is 2.31. The van der Waals surface area contributed by atoms with Gasteiger partial charge in [-0.05, 0) is 36.6 Å². The molecule has 92 valence electrons. The van der Waals surface area contributed by atoms with E-state index in [1.807, 2.05) is 12.1 Å². The monoisotopic (exact) mass is 294 g/mol. The first kappa shape index (κ1) is 14.1. The molecule has 0 atom stereocenters. The van der Waals surface area contributed by atoms with Gasteiger partial charge in [-0.25, -0.2) is 0 Å². The Morgan fingerprint density at radius 3 is 2.76 bits per heavy atom. The molecule has 17 heavy (non-hydrogen) atoms. The van der Waals surface area contributed by atoms with E-state index in [0.29, 0.717) is 0 Å². The van der Waals surface area contributed by atoms with Crippen molar-refractivity contribution in [2.45, 2.75) is 39.5 Å². The highest BCUT2D eigenvalue weighted by Crippen LogP contribution is 2.24. The number of benzene rings is 1. The Morgan fingerprint density at radius 1 is 1.24 bits per heavy atom. The number of ether oxygens (including phenoxy) is 1. The van der Waals surface area contributed by atoms with Crippen LogP contribution in [0.2, 0.25) is 0 Å². The summed E-state index contributed by atoms with van der Waals surface area (Å²) in [5.41, 5.74) is 1.23. The quantitative estimate of drug-likeness (QED) is 0.722. The first-order chi connectivity index (χ1) is 8.27. The van der Waals surface area contributed by atoms with Gasteiger partial charge in [0.05, 0.1) is 6.61 Å².